The van der Waals surface area contributed by atoms with Crippen LogP contribution in [0.15, 0.2) is 6.20 Å². The number of hydrogen-bond acceptors (Lipinski definition) is 5. The fraction of sp³-hybridized carbons (Fsp3) is 0.643. The number of Topliss-reactive ketones (excluding diaryl/α,β-unsaturated/α-hetero) is 2. The Morgan fingerprint density at radius 1 is 1.29 bits per heavy atom. The Kier molecular flexibility index (Phi) is 6.20. The monoisotopic (exact) mass is 294 g/mol. The van der Waals surface area contributed by atoms with Crippen molar-refractivity contribution in [2.24, 2.45) is 5.92 Å². The molecule has 0 saturated heterocycles. The van der Waals surface area contributed by atoms with Gasteiger partial charge in [-0.2, -0.15) is 0 Å². The van der Waals surface area contributed by atoms with Gasteiger partial charge in [-0.25, -0.2) is 4.68 Å². The fourth-order valence-electron chi connectivity index (χ4n) is 1.53. The topological polar surface area (TPSA) is 94.0 Å². The van der Waals surface area contributed by atoms with Gasteiger partial charge in [0.15, 0.2) is 11.6 Å². The first kappa shape index (κ1) is 17.0. The molecule has 0 bridgehead atoms. The van der Waals surface area contributed by atoms with Gasteiger partial charge < -0.3 is 5.32 Å². The molecule has 0 saturated carbocycles. The van der Waals surface area contributed by atoms with Crippen molar-refractivity contribution >= 4 is 17.5 Å². The zero-order chi connectivity index (χ0) is 16.0. The van der Waals surface area contributed by atoms with Crippen molar-refractivity contribution in [1.29, 1.82) is 0 Å². The summed E-state index contributed by atoms with van der Waals surface area (Å²) in [6, 6.07) is -0.475. The van der Waals surface area contributed by atoms with Gasteiger partial charge in [0, 0.05) is 25.0 Å². The van der Waals surface area contributed by atoms with Crippen molar-refractivity contribution in [2.45, 2.75) is 53.1 Å². The van der Waals surface area contributed by atoms with Crippen LogP contribution < -0.4 is 5.32 Å². The van der Waals surface area contributed by atoms with Gasteiger partial charge in [0.05, 0.1) is 11.7 Å². The number of aromatic nitrogens is 3. The molecule has 1 unspecified atom stereocenters. The summed E-state index contributed by atoms with van der Waals surface area (Å²) in [6.07, 6.45) is 2.32. The Morgan fingerprint density at radius 2 is 1.95 bits per heavy atom. The first-order chi connectivity index (χ1) is 9.79. The molecule has 1 heterocycles. The minimum atomic E-state index is -0.475. The van der Waals surface area contributed by atoms with Crippen LogP contribution >= 0.6 is 0 Å². The highest BCUT2D eigenvalue weighted by molar-refractivity contribution is 5.87. The molecule has 1 rings (SSSR count). The number of aryl methyl sites for hydroxylation is 1. The van der Waals surface area contributed by atoms with Crippen LogP contribution in [0.5, 0.6) is 0 Å². The Hall–Kier alpha value is -2.05. The van der Waals surface area contributed by atoms with E-state index in [-0.39, 0.29) is 36.4 Å². The highest BCUT2D eigenvalue weighted by Crippen LogP contribution is 2.01. The van der Waals surface area contributed by atoms with Crippen molar-refractivity contribution in [1.82, 2.24) is 20.3 Å². The smallest absolute Gasteiger partial charge is 0.220 e. The number of hydrogen-bond donors (Lipinski definition) is 1. The van der Waals surface area contributed by atoms with E-state index in [0.717, 1.165) is 0 Å². The minimum absolute atomic E-state index is 0.0449. The van der Waals surface area contributed by atoms with E-state index in [1.807, 2.05) is 13.8 Å². The van der Waals surface area contributed by atoms with Crippen molar-refractivity contribution in [3.63, 3.8) is 0 Å². The average Bonchev–Trinajstić information content (AvgIpc) is 2.83. The third-order valence-corrected chi connectivity index (χ3v) is 3.14. The van der Waals surface area contributed by atoms with Crippen LogP contribution in [-0.4, -0.2) is 38.5 Å². The molecular weight excluding hydrogens is 272 g/mol. The van der Waals surface area contributed by atoms with E-state index in [0.29, 0.717) is 12.1 Å². The quantitative estimate of drug-likeness (QED) is 0.754. The van der Waals surface area contributed by atoms with Gasteiger partial charge in [-0.3, -0.25) is 14.4 Å². The Morgan fingerprint density at radius 3 is 2.52 bits per heavy atom. The molecule has 1 amide bonds. The second-order valence-electron chi connectivity index (χ2n) is 5.43. The first-order valence-electron chi connectivity index (χ1n) is 7.01. The molecule has 0 aliphatic carbocycles. The van der Waals surface area contributed by atoms with E-state index in [2.05, 4.69) is 15.6 Å². The SMILES string of the molecule is CC(=O)C(C)NC(=O)CCc1cn(CC(=O)C(C)C)nn1. The molecular formula is C14H22N4O3. The molecule has 1 aromatic heterocycles. The lowest BCUT2D eigenvalue weighted by Crippen LogP contribution is -2.37. The van der Waals surface area contributed by atoms with Crippen LogP contribution in [0.3, 0.4) is 0 Å². The molecule has 7 heteroatoms. The second-order valence-corrected chi connectivity index (χ2v) is 5.43. The maximum absolute atomic E-state index is 11.6. The molecule has 1 aromatic rings. The molecule has 1 N–H and O–H groups in total. The summed E-state index contributed by atoms with van der Waals surface area (Å²) in [4.78, 5) is 34.3. The van der Waals surface area contributed by atoms with E-state index in [4.69, 9.17) is 0 Å². The van der Waals surface area contributed by atoms with Gasteiger partial charge in [-0.1, -0.05) is 19.1 Å². The highest BCUT2D eigenvalue weighted by atomic mass is 16.2. The summed E-state index contributed by atoms with van der Waals surface area (Å²) in [5, 5.41) is 10.4. The van der Waals surface area contributed by atoms with Crippen molar-refractivity contribution in [3.8, 4) is 0 Å². The lowest BCUT2D eigenvalue weighted by atomic mass is 10.1. The maximum Gasteiger partial charge on any atom is 0.220 e. The molecule has 0 radical (unpaired) electrons. The number of nitrogens with one attached hydrogen (secondary N) is 1. The number of carbonyl (C=O) groups is 3. The summed E-state index contributed by atoms with van der Waals surface area (Å²) in [5.74, 6) is -0.247. The Balaban J connectivity index is 2.43. The number of rotatable bonds is 8. The summed E-state index contributed by atoms with van der Waals surface area (Å²) in [5.41, 5.74) is 0.650. The lowest BCUT2D eigenvalue weighted by Gasteiger charge is -2.09. The van der Waals surface area contributed by atoms with Crippen LogP contribution in [0.25, 0.3) is 0 Å². The second kappa shape index (κ2) is 7.66. The van der Waals surface area contributed by atoms with Gasteiger partial charge in [-0.05, 0) is 13.8 Å². The van der Waals surface area contributed by atoms with Crippen molar-refractivity contribution in [3.05, 3.63) is 11.9 Å². The van der Waals surface area contributed by atoms with Gasteiger partial charge in [0.2, 0.25) is 5.91 Å². The van der Waals surface area contributed by atoms with Crippen LogP contribution in [0.2, 0.25) is 0 Å². The van der Waals surface area contributed by atoms with Crippen LogP contribution in [-0.2, 0) is 27.3 Å². The molecule has 0 aliphatic heterocycles. The normalized spacial score (nSPS) is 12.2. The standard InChI is InChI=1S/C14H22N4O3/c1-9(2)13(20)8-18-7-12(16-17-18)5-6-14(21)15-10(3)11(4)19/h7,9-10H,5-6,8H2,1-4H3,(H,15,21). The molecule has 1 atom stereocenters. The van der Waals surface area contributed by atoms with E-state index < -0.39 is 6.04 Å². The van der Waals surface area contributed by atoms with E-state index in [1.54, 1.807) is 13.1 Å². The van der Waals surface area contributed by atoms with Crippen molar-refractivity contribution < 1.29 is 14.4 Å². The highest BCUT2D eigenvalue weighted by Gasteiger charge is 2.13. The van der Waals surface area contributed by atoms with E-state index >= 15 is 0 Å². The zero-order valence-corrected chi connectivity index (χ0v) is 12.9. The maximum atomic E-state index is 11.6. The van der Waals surface area contributed by atoms with Gasteiger partial charge in [0.25, 0.3) is 0 Å². The predicted octanol–water partition coefficient (Wildman–Crippen LogP) is 0.529. The number of nitrogens with zero attached hydrogens (tertiary/aromatic N) is 3. The van der Waals surface area contributed by atoms with Crippen molar-refractivity contribution in [2.75, 3.05) is 0 Å². The molecule has 0 fully saturated rings. The molecule has 21 heavy (non-hydrogen) atoms. The van der Waals surface area contributed by atoms with E-state index in [9.17, 15) is 14.4 Å². The summed E-state index contributed by atoms with van der Waals surface area (Å²) < 4.78 is 1.48. The number of carbonyl (C=O) groups excluding carboxylic acids is 3. The molecule has 0 aromatic carbocycles. The van der Waals surface area contributed by atoms with Gasteiger partial charge >= 0.3 is 0 Å². The lowest BCUT2D eigenvalue weighted by molar-refractivity contribution is -0.126. The molecule has 7 nitrogen and oxygen atoms in total. The van der Waals surface area contributed by atoms with Gasteiger partial charge in [-0.15, -0.1) is 5.10 Å². The zero-order valence-electron chi connectivity index (χ0n) is 12.9. The first-order valence-corrected chi connectivity index (χ1v) is 7.01. The molecule has 0 aliphatic rings. The van der Waals surface area contributed by atoms with Gasteiger partial charge in [0.1, 0.15) is 6.54 Å². The third kappa shape index (κ3) is 5.85. The number of amides is 1. The van der Waals surface area contributed by atoms with Crippen LogP contribution in [0, 0.1) is 5.92 Å². The number of ketones is 2. The predicted molar refractivity (Wildman–Crippen MR) is 76.5 cm³/mol. The Labute approximate surface area is 124 Å². The summed E-state index contributed by atoms with van der Waals surface area (Å²) in [7, 11) is 0. The summed E-state index contributed by atoms with van der Waals surface area (Å²) in [6.45, 7) is 6.94. The fourth-order valence-corrected chi connectivity index (χ4v) is 1.53. The largest absolute Gasteiger partial charge is 0.347 e. The Bertz CT molecular complexity index is 522. The third-order valence-electron chi connectivity index (χ3n) is 3.14. The molecule has 116 valence electrons. The minimum Gasteiger partial charge on any atom is -0.347 e. The van der Waals surface area contributed by atoms with E-state index in [1.165, 1.54) is 11.6 Å². The van der Waals surface area contributed by atoms with Crippen LogP contribution in [0.4, 0.5) is 0 Å². The summed E-state index contributed by atoms with van der Waals surface area (Å²) >= 11 is 0. The molecule has 0 spiro atoms. The average molecular weight is 294 g/mol. The van der Waals surface area contributed by atoms with Crippen LogP contribution in [0.1, 0.15) is 39.8 Å².